The lowest BCUT2D eigenvalue weighted by Crippen LogP contribution is -2.21. The molecule has 0 amide bonds. The maximum Gasteiger partial charge on any atom is 0.135 e. The first-order chi connectivity index (χ1) is 6.94. The first kappa shape index (κ1) is 13.1. The maximum absolute atomic E-state index is 5.46. The second kappa shape index (κ2) is 5.41. The molecule has 15 heavy (non-hydrogen) atoms. The van der Waals surface area contributed by atoms with Crippen molar-refractivity contribution in [3.05, 3.63) is 22.6 Å². The van der Waals surface area contributed by atoms with E-state index >= 15 is 0 Å². The monoisotopic (exact) mass is 291 g/mol. The molecule has 0 spiro atoms. The lowest BCUT2D eigenvalue weighted by atomic mass is 10.2. The fraction of sp³-hybridized carbons (Fsp3) is 0.636. The molecule has 1 N–H and O–H groups in total. The zero-order valence-corrected chi connectivity index (χ0v) is 12.0. The van der Waals surface area contributed by atoms with Gasteiger partial charge < -0.3 is 9.73 Å². The van der Waals surface area contributed by atoms with E-state index in [0.29, 0.717) is 0 Å². The average Bonchev–Trinajstić information content (AvgIpc) is 2.52. The summed E-state index contributed by atoms with van der Waals surface area (Å²) >= 11 is 5.42. The van der Waals surface area contributed by atoms with Crippen LogP contribution in [0.4, 0.5) is 0 Å². The van der Waals surface area contributed by atoms with Crippen LogP contribution in [0, 0.1) is 0 Å². The molecule has 0 aromatic carbocycles. The summed E-state index contributed by atoms with van der Waals surface area (Å²) in [4.78, 5) is 0. The molecule has 1 aromatic rings. The Morgan fingerprint density at radius 3 is 2.60 bits per heavy atom. The van der Waals surface area contributed by atoms with Crippen LogP contribution in [0.25, 0.3) is 0 Å². The number of hydrogen-bond acceptors (Lipinski definition) is 3. The zero-order chi connectivity index (χ0) is 11.5. The summed E-state index contributed by atoms with van der Waals surface area (Å²) in [6, 6.07) is 2.19. The quantitative estimate of drug-likeness (QED) is 0.913. The van der Waals surface area contributed by atoms with E-state index in [-0.39, 0.29) is 10.8 Å². The molecule has 0 saturated heterocycles. The van der Waals surface area contributed by atoms with Crippen molar-refractivity contribution >= 4 is 27.7 Å². The van der Waals surface area contributed by atoms with Crippen molar-refractivity contribution in [3.8, 4) is 0 Å². The molecule has 0 bridgehead atoms. The van der Waals surface area contributed by atoms with Crippen molar-refractivity contribution in [2.24, 2.45) is 0 Å². The van der Waals surface area contributed by atoms with Gasteiger partial charge in [-0.1, -0.05) is 20.8 Å². The largest absolute Gasteiger partial charge is 0.466 e. The van der Waals surface area contributed by atoms with Crippen LogP contribution >= 0.6 is 27.7 Å². The molecule has 86 valence electrons. The van der Waals surface area contributed by atoms with Crippen LogP contribution in [0.1, 0.15) is 32.6 Å². The van der Waals surface area contributed by atoms with Crippen LogP contribution in [0.5, 0.6) is 0 Å². The topological polar surface area (TPSA) is 25.2 Å². The predicted molar refractivity (Wildman–Crippen MR) is 70.4 cm³/mol. The molecule has 0 saturated carbocycles. The molecule has 1 heterocycles. The third-order valence-electron chi connectivity index (χ3n) is 1.99. The molecule has 1 aromatic heterocycles. The minimum Gasteiger partial charge on any atom is -0.466 e. The van der Waals surface area contributed by atoms with Gasteiger partial charge in [0.2, 0.25) is 0 Å². The SMILES string of the molecule is CNC(CSC(C)(C)C)c1occc1Br. The van der Waals surface area contributed by atoms with E-state index in [1.165, 1.54) is 0 Å². The van der Waals surface area contributed by atoms with E-state index in [2.05, 4.69) is 42.0 Å². The fourth-order valence-electron chi connectivity index (χ4n) is 1.18. The molecular weight excluding hydrogens is 274 g/mol. The molecule has 1 rings (SSSR count). The van der Waals surface area contributed by atoms with Gasteiger partial charge >= 0.3 is 0 Å². The van der Waals surface area contributed by atoms with Gasteiger partial charge in [-0.3, -0.25) is 0 Å². The van der Waals surface area contributed by atoms with Gasteiger partial charge in [0.15, 0.2) is 0 Å². The Labute approximate surface area is 104 Å². The van der Waals surface area contributed by atoms with Gasteiger partial charge in [0, 0.05) is 10.5 Å². The third-order valence-corrected chi connectivity index (χ3v) is 4.01. The van der Waals surface area contributed by atoms with Crippen molar-refractivity contribution in [1.82, 2.24) is 5.32 Å². The highest BCUT2D eigenvalue weighted by Gasteiger charge is 2.19. The van der Waals surface area contributed by atoms with Crippen LogP contribution in [-0.2, 0) is 0 Å². The average molecular weight is 292 g/mol. The molecule has 2 nitrogen and oxygen atoms in total. The number of hydrogen-bond donors (Lipinski definition) is 1. The molecule has 0 fully saturated rings. The highest BCUT2D eigenvalue weighted by molar-refractivity contribution is 9.10. The van der Waals surface area contributed by atoms with Crippen molar-refractivity contribution in [2.45, 2.75) is 31.6 Å². The summed E-state index contributed by atoms with van der Waals surface area (Å²) < 4.78 is 6.78. The summed E-state index contributed by atoms with van der Waals surface area (Å²) in [6.45, 7) is 6.67. The summed E-state index contributed by atoms with van der Waals surface area (Å²) in [5.74, 6) is 1.99. The second-order valence-corrected chi connectivity index (χ2v) is 7.10. The van der Waals surface area contributed by atoms with Gasteiger partial charge in [-0.2, -0.15) is 11.8 Å². The van der Waals surface area contributed by atoms with Gasteiger partial charge in [-0.15, -0.1) is 0 Å². The van der Waals surface area contributed by atoms with E-state index in [4.69, 9.17) is 4.42 Å². The minimum atomic E-state index is 0.263. The van der Waals surface area contributed by atoms with Crippen molar-refractivity contribution in [2.75, 3.05) is 12.8 Å². The molecule has 0 aliphatic carbocycles. The zero-order valence-electron chi connectivity index (χ0n) is 9.63. The Bertz CT molecular complexity index is 306. The molecule has 4 heteroatoms. The number of rotatable bonds is 4. The highest BCUT2D eigenvalue weighted by Crippen LogP contribution is 2.31. The molecule has 0 radical (unpaired) electrons. The van der Waals surface area contributed by atoms with E-state index < -0.39 is 0 Å². The van der Waals surface area contributed by atoms with E-state index in [0.717, 1.165) is 16.0 Å². The predicted octanol–water partition coefficient (Wildman–Crippen LogP) is 3.83. The molecule has 0 aliphatic heterocycles. The number of halogens is 1. The summed E-state index contributed by atoms with van der Waals surface area (Å²) in [5.41, 5.74) is 0. The lowest BCUT2D eigenvalue weighted by molar-refractivity contribution is 0.450. The summed E-state index contributed by atoms with van der Waals surface area (Å²) in [7, 11) is 1.96. The Morgan fingerprint density at radius 2 is 2.20 bits per heavy atom. The van der Waals surface area contributed by atoms with Crippen LogP contribution in [-0.4, -0.2) is 17.5 Å². The second-order valence-electron chi connectivity index (χ2n) is 4.40. The Morgan fingerprint density at radius 1 is 1.53 bits per heavy atom. The van der Waals surface area contributed by atoms with Gasteiger partial charge in [-0.05, 0) is 29.0 Å². The first-order valence-electron chi connectivity index (χ1n) is 4.98. The van der Waals surface area contributed by atoms with E-state index in [1.807, 2.05) is 24.9 Å². The van der Waals surface area contributed by atoms with Gasteiger partial charge in [0.25, 0.3) is 0 Å². The Balaban J connectivity index is 2.61. The molecule has 1 unspecified atom stereocenters. The standard InChI is InChI=1S/C11H18BrNOS/c1-11(2,3)15-7-9(13-4)10-8(12)5-6-14-10/h5-6,9,13H,7H2,1-4H3. The minimum absolute atomic E-state index is 0.263. The summed E-state index contributed by atoms with van der Waals surface area (Å²) in [5, 5.41) is 3.27. The first-order valence-corrected chi connectivity index (χ1v) is 6.76. The lowest BCUT2D eigenvalue weighted by Gasteiger charge is -2.21. The van der Waals surface area contributed by atoms with Crippen molar-refractivity contribution in [3.63, 3.8) is 0 Å². The van der Waals surface area contributed by atoms with Gasteiger partial charge in [0.05, 0.1) is 16.8 Å². The van der Waals surface area contributed by atoms with Gasteiger partial charge in [-0.25, -0.2) is 0 Å². The number of nitrogens with one attached hydrogen (secondary N) is 1. The smallest absolute Gasteiger partial charge is 0.135 e. The molecular formula is C11H18BrNOS. The Kier molecular flexibility index (Phi) is 4.74. The van der Waals surface area contributed by atoms with Crippen LogP contribution in [0.3, 0.4) is 0 Å². The van der Waals surface area contributed by atoms with Crippen LogP contribution in [0.15, 0.2) is 21.2 Å². The third kappa shape index (κ3) is 4.21. The van der Waals surface area contributed by atoms with Crippen LogP contribution in [0.2, 0.25) is 0 Å². The van der Waals surface area contributed by atoms with Crippen molar-refractivity contribution in [1.29, 1.82) is 0 Å². The van der Waals surface area contributed by atoms with E-state index in [9.17, 15) is 0 Å². The van der Waals surface area contributed by atoms with Gasteiger partial charge in [0.1, 0.15) is 5.76 Å². The molecule has 1 atom stereocenters. The van der Waals surface area contributed by atoms with E-state index in [1.54, 1.807) is 6.26 Å². The normalized spacial score (nSPS) is 14.2. The maximum atomic E-state index is 5.46. The number of thioether (sulfide) groups is 1. The summed E-state index contributed by atoms with van der Waals surface area (Å²) in [6.07, 6.45) is 1.71. The number of furan rings is 1. The van der Waals surface area contributed by atoms with Crippen molar-refractivity contribution < 1.29 is 4.42 Å². The Hall–Kier alpha value is 0.0700. The fourth-order valence-corrected chi connectivity index (χ4v) is 2.64. The van der Waals surface area contributed by atoms with Crippen LogP contribution < -0.4 is 5.32 Å². The molecule has 0 aliphatic rings. The highest BCUT2D eigenvalue weighted by atomic mass is 79.9.